The van der Waals surface area contributed by atoms with Gasteiger partial charge in [0.2, 0.25) is 0 Å². The third-order valence-electron chi connectivity index (χ3n) is 3.64. The summed E-state index contributed by atoms with van der Waals surface area (Å²) in [5.41, 5.74) is 4.08. The smallest absolute Gasteiger partial charge is 0.0712 e. The normalized spacial score (nSPS) is 15.2. The van der Waals surface area contributed by atoms with E-state index in [9.17, 15) is 0 Å². The van der Waals surface area contributed by atoms with Gasteiger partial charge in [-0.1, -0.05) is 20.8 Å². The maximum atomic E-state index is 5.77. The van der Waals surface area contributed by atoms with Crippen molar-refractivity contribution >= 4 is 15.9 Å². The van der Waals surface area contributed by atoms with Gasteiger partial charge in [0, 0.05) is 6.54 Å². The second kappa shape index (κ2) is 7.38. The first-order chi connectivity index (χ1) is 8.88. The highest BCUT2D eigenvalue weighted by Crippen LogP contribution is 2.31. The summed E-state index contributed by atoms with van der Waals surface area (Å²) in [6.07, 6.45) is 1.85. The van der Waals surface area contributed by atoms with Gasteiger partial charge >= 0.3 is 0 Å². The van der Waals surface area contributed by atoms with Crippen LogP contribution in [-0.2, 0) is 6.54 Å². The molecule has 110 valence electrons. The number of halogens is 1. The molecule has 6 heteroatoms. The first-order valence-corrected chi connectivity index (χ1v) is 7.49. The Morgan fingerprint density at radius 1 is 1.42 bits per heavy atom. The second-order valence-corrected chi connectivity index (χ2v) is 6.51. The zero-order chi connectivity index (χ0) is 14.6. The fourth-order valence-corrected chi connectivity index (χ4v) is 2.56. The quantitative estimate of drug-likeness (QED) is 0.592. The highest BCUT2D eigenvalue weighted by atomic mass is 79.9. The first kappa shape index (κ1) is 16.6. The topological polar surface area (TPSA) is 59.1 Å². The number of nitrogens with zero attached hydrogens (tertiary/aromatic N) is 3. The number of hydrazine groups is 1. The predicted molar refractivity (Wildman–Crippen MR) is 82.5 cm³/mol. The van der Waals surface area contributed by atoms with Crippen LogP contribution in [0.25, 0.3) is 0 Å². The van der Waals surface area contributed by atoms with Crippen LogP contribution in [-0.4, -0.2) is 35.3 Å². The van der Waals surface area contributed by atoms with E-state index in [1.807, 2.05) is 10.9 Å². The van der Waals surface area contributed by atoms with Crippen LogP contribution >= 0.6 is 15.9 Å². The van der Waals surface area contributed by atoms with Crippen molar-refractivity contribution in [3.05, 3.63) is 16.4 Å². The van der Waals surface area contributed by atoms with E-state index < -0.39 is 0 Å². The lowest BCUT2D eigenvalue weighted by atomic mass is 9.89. The average Bonchev–Trinajstić information content (AvgIpc) is 2.69. The molecule has 1 heterocycles. The average molecular weight is 332 g/mol. The largest absolute Gasteiger partial charge is 0.308 e. The Hall–Kier alpha value is -0.430. The molecule has 0 aromatic carbocycles. The molecule has 5 nitrogen and oxygen atoms in total. The van der Waals surface area contributed by atoms with Crippen LogP contribution in [0, 0.1) is 11.8 Å². The maximum Gasteiger partial charge on any atom is 0.0712 e. The fourth-order valence-electron chi connectivity index (χ4n) is 2.02. The van der Waals surface area contributed by atoms with E-state index in [0.717, 1.165) is 23.3 Å². The molecule has 0 aliphatic rings. The van der Waals surface area contributed by atoms with Crippen LogP contribution in [0.3, 0.4) is 0 Å². The van der Waals surface area contributed by atoms with Crippen molar-refractivity contribution in [3.8, 4) is 0 Å². The highest BCUT2D eigenvalue weighted by Gasteiger charge is 2.26. The monoisotopic (exact) mass is 331 g/mol. The molecule has 2 unspecified atom stereocenters. The van der Waals surface area contributed by atoms with Crippen molar-refractivity contribution in [2.45, 2.75) is 33.4 Å². The van der Waals surface area contributed by atoms with E-state index in [4.69, 9.17) is 5.84 Å². The Labute approximate surface area is 124 Å². The summed E-state index contributed by atoms with van der Waals surface area (Å²) in [4.78, 5) is 2.15. The number of nitrogens with one attached hydrogen (secondary N) is 1. The Bertz CT molecular complexity index is 388. The Kier molecular flexibility index (Phi) is 6.46. The minimum Gasteiger partial charge on any atom is -0.308 e. The molecule has 0 amide bonds. The molecular weight excluding hydrogens is 306 g/mol. The summed E-state index contributed by atoms with van der Waals surface area (Å²) in [6.45, 7) is 8.45. The number of hydrogen-bond donors (Lipinski definition) is 2. The van der Waals surface area contributed by atoms with Gasteiger partial charge < -0.3 is 4.90 Å². The molecule has 2 atom stereocenters. The van der Waals surface area contributed by atoms with Crippen molar-refractivity contribution in [2.24, 2.45) is 17.7 Å². The number of aromatic nitrogens is 2. The van der Waals surface area contributed by atoms with Crippen LogP contribution < -0.4 is 11.3 Å². The van der Waals surface area contributed by atoms with E-state index in [1.54, 1.807) is 0 Å². The van der Waals surface area contributed by atoms with E-state index in [1.165, 1.54) is 0 Å². The van der Waals surface area contributed by atoms with Gasteiger partial charge in [0.15, 0.2) is 0 Å². The first-order valence-electron chi connectivity index (χ1n) is 6.70. The molecule has 0 saturated carbocycles. The molecule has 19 heavy (non-hydrogen) atoms. The molecule has 0 spiro atoms. The number of likely N-dealkylation sites (N-methyl/N-ethyl adjacent to an activating group) is 1. The number of nitrogens with two attached hydrogens (primary N) is 1. The molecule has 0 saturated heterocycles. The minimum atomic E-state index is 0.0963. The molecule has 1 aromatic heterocycles. The third kappa shape index (κ3) is 4.27. The number of hydrogen-bond acceptors (Lipinski definition) is 4. The van der Waals surface area contributed by atoms with Crippen LogP contribution in [0.2, 0.25) is 0 Å². The van der Waals surface area contributed by atoms with Crippen LogP contribution in [0.1, 0.15) is 32.5 Å². The summed E-state index contributed by atoms with van der Waals surface area (Å²) in [5, 5.41) is 4.45. The Balaban J connectivity index is 2.99. The van der Waals surface area contributed by atoms with Gasteiger partial charge in [-0.3, -0.25) is 16.0 Å². The van der Waals surface area contributed by atoms with Gasteiger partial charge in [0.1, 0.15) is 0 Å². The van der Waals surface area contributed by atoms with Gasteiger partial charge in [0.25, 0.3) is 0 Å². The van der Waals surface area contributed by atoms with Crippen molar-refractivity contribution < 1.29 is 0 Å². The summed E-state index contributed by atoms with van der Waals surface area (Å²) in [7, 11) is 4.13. The van der Waals surface area contributed by atoms with Crippen molar-refractivity contribution in [3.63, 3.8) is 0 Å². The van der Waals surface area contributed by atoms with Crippen molar-refractivity contribution in [2.75, 3.05) is 20.6 Å². The molecule has 0 bridgehead atoms. The zero-order valence-electron chi connectivity index (χ0n) is 12.5. The van der Waals surface area contributed by atoms with E-state index in [0.29, 0.717) is 11.8 Å². The van der Waals surface area contributed by atoms with Gasteiger partial charge in [-0.05, 0) is 41.9 Å². The van der Waals surface area contributed by atoms with E-state index in [2.05, 4.69) is 66.2 Å². The maximum absolute atomic E-state index is 5.77. The summed E-state index contributed by atoms with van der Waals surface area (Å²) >= 11 is 3.59. The van der Waals surface area contributed by atoms with Crippen LogP contribution in [0.4, 0.5) is 0 Å². The lowest BCUT2D eigenvalue weighted by molar-refractivity contribution is 0.285. The number of rotatable bonds is 7. The molecule has 0 aliphatic carbocycles. The Morgan fingerprint density at radius 3 is 2.53 bits per heavy atom. The fraction of sp³-hybridized carbons (Fsp3) is 0.769. The van der Waals surface area contributed by atoms with E-state index >= 15 is 0 Å². The predicted octanol–water partition coefficient (Wildman–Crippen LogP) is 2.00. The van der Waals surface area contributed by atoms with Gasteiger partial charge in [-0.2, -0.15) is 5.10 Å². The van der Waals surface area contributed by atoms with Crippen LogP contribution in [0.15, 0.2) is 10.7 Å². The molecule has 0 aliphatic heterocycles. The standard InChI is InChI=1S/C13H26BrN5/c1-9(2)10(3)12(17-15)13-11(14)8-16-19(13)7-6-18(4)5/h8-10,12,17H,6-7,15H2,1-5H3. The van der Waals surface area contributed by atoms with E-state index in [-0.39, 0.29) is 6.04 Å². The molecule has 0 radical (unpaired) electrons. The Morgan fingerprint density at radius 2 is 2.05 bits per heavy atom. The molecule has 1 aromatic rings. The highest BCUT2D eigenvalue weighted by molar-refractivity contribution is 9.10. The van der Waals surface area contributed by atoms with Crippen molar-refractivity contribution in [1.82, 2.24) is 20.1 Å². The second-order valence-electron chi connectivity index (χ2n) is 5.65. The summed E-state index contributed by atoms with van der Waals surface area (Å²) in [6, 6.07) is 0.0963. The van der Waals surface area contributed by atoms with Gasteiger partial charge in [-0.15, -0.1) is 0 Å². The van der Waals surface area contributed by atoms with Gasteiger partial charge in [-0.25, -0.2) is 0 Å². The molecular formula is C13H26BrN5. The zero-order valence-corrected chi connectivity index (χ0v) is 14.1. The summed E-state index contributed by atoms with van der Waals surface area (Å²) in [5.74, 6) is 6.75. The molecule has 3 N–H and O–H groups in total. The lowest BCUT2D eigenvalue weighted by Crippen LogP contribution is -2.36. The molecule has 1 rings (SSSR count). The van der Waals surface area contributed by atoms with Crippen molar-refractivity contribution in [1.29, 1.82) is 0 Å². The minimum absolute atomic E-state index is 0.0963. The summed E-state index contributed by atoms with van der Waals surface area (Å²) < 4.78 is 3.05. The van der Waals surface area contributed by atoms with Gasteiger partial charge in [0.05, 0.1) is 29.0 Å². The molecule has 0 fully saturated rings. The van der Waals surface area contributed by atoms with Crippen LogP contribution in [0.5, 0.6) is 0 Å². The lowest BCUT2D eigenvalue weighted by Gasteiger charge is -2.27. The third-order valence-corrected chi connectivity index (χ3v) is 4.25. The SMILES string of the molecule is CC(C)C(C)C(NN)c1c(Br)cnn1CCN(C)C.